The highest BCUT2D eigenvalue weighted by atomic mass is 35.5. The fraction of sp³-hybridized carbons (Fsp3) is 0.280. The Hall–Kier alpha value is -2.61. The molecule has 1 atom stereocenters. The molecule has 1 aliphatic heterocycles. The number of nitrogens with one attached hydrogen (secondary N) is 1. The maximum atomic E-state index is 14.0. The summed E-state index contributed by atoms with van der Waals surface area (Å²) in [6, 6.07) is 10.7. The van der Waals surface area contributed by atoms with Crippen LogP contribution in [0.3, 0.4) is 0 Å². The van der Waals surface area contributed by atoms with E-state index in [0.29, 0.717) is 23.5 Å². The van der Waals surface area contributed by atoms with E-state index < -0.39 is 5.82 Å². The third kappa shape index (κ3) is 3.85. The Morgan fingerprint density at radius 2 is 1.97 bits per heavy atom. The van der Waals surface area contributed by atoms with Crippen molar-refractivity contribution in [1.29, 1.82) is 0 Å². The minimum absolute atomic E-state index is 0.0454. The Morgan fingerprint density at radius 3 is 2.68 bits per heavy atom. The molecule has 0 spiro atoms. The molecule has 2 aromatic carbocycles. The van der Waals surface area contributed by atoms with E-state index in [1.54, 1.807) is 12.1 Å². The molecule has 0 unspecified atom stereocenters. The van der Waals surface area contributed by atoms with E-state index in [-0.39, 0.29) is 27.9 Å². The maximum absolute atomic E-state index is 14.0. The molecule has 5 nitrogen and oxygen atoms in total. The van der Waals surface area contributed by atoms with Crippen molar-refractivity contribution >= 4 is 45.3 Å². The second-order valence-corrected chi connectivity index (χ2v) is 10.4. The normalized spacial score (nSPS) is 15.4. The zero-order valence-electron chi connectivity index (χ0n) is 18.8. The number of benzene rings is 2. The Bertz CT molecular complexity index is 1410. The van der Waals surface area contributed by atoms with Crippen molar-refractivity contribution in [2.45, 2.75) is 39.2 Å². The smallest absolute Gasteiger partial charge is 0.263 e. The summed E-state index contributed by atoms with van der Waals surface area (Å²) in [5, 5.41) is 7.81. The number of ether oxygens (including phenoxy) is 1. The molecular weight excluding hydrogens is 496 g/mol. The van der Waals surface area contributed by atoms with Crippen LogP contribution in [0, 0.1) is 12.7 Å². The molecule has 34 heavy (non-hydrogen) atoms. The first-order valence-electron chi connectivity index (χ1n) is 11.0. The number of fused-ring (bicyclic) bond motifs is 2. The number of nitrogens with zero attached hydrogens (tertiary/aromatic N) is 2. The van der Waals surface area contributed by atoms with Gasteiger partial charge in [0.15, 0.2) is 5.82 Å². The predicted octanol–water partition coefficient (Wildman–Crippen LogP) is 7.19. The van der Waals surface area contributed by atoms with Gasteiger partial charge in [-0.2, -0.15) is 5.10 Å². The molecule has 4 aromatic rings. The van der Waals surface area contributed by atoms with Crippen molar-refractivity contribution in [1.82, 2.24) is 14.9 Å². The van der Waals surface area contributed by atoms with Crippen molar-refractivity contribution in [3.8, 4) is 16.9 Å². The molecule has 5 rings (SSSR count). The lowest BCUT2D eigenvalue weighted by atomic mass is 10.0. The molecule has 0 radical (unpaired) electrons. The van der Waals surface area contributed by atoms with Gasteiger partial charge in [0.05, 0.1) is 34.1 Å². The minimum atomic E-state index is -0.654. The van der Waals surface area contributed by atoms with Crippen LogP contribution in [-0.2, 0) is 0 Å². The summed E-state index contributed by atoms with van der Waals surface area (Å²) >= 11 is 13.5. The lowest BCUT2D eigenvalue weighted by molar-refractivity contribution is 0.0927. The fourth-order valence-corrected chi connectivity index (χ4v) is 6.28. The van der Waals surface area contributed by atoms with Crippen molar-refractivity contribution < 1.29 is 13.9 Å². The number of aromatic nitrogens is 2. The number of thiazole rings is 1. The van der Waals surface area contributed by atoms with Crippen LogP contribution < -0.4 is 10.1 Å². The standard InChI is InChI=1S/C25H22Cl2FN3O2S/c1-12(2)22-23(24(32)29-18-8-9-33-19-7-5-4-6-15(18)19)34-25-20(13(3)30-31(22)25)14-10-16(26)21(28)17(27)11-14/h4-7,10-12,18H,8-9H2,1-3H3,(H,29,32)/t18-/m0/s1. The van der Waals surface area contributed by atoms with Crippen LogP contribution in [0.2, 0.25) is 10.0 Å². The van der Waals surface area contributed by atoms with Crippen molar-refractivity contribution in [3.63, 3.8) is 0 Å². The minimum Gasteiger partial charge on any atom is -0.493 e. The molecule has 0 bridgehead atoms. The van der Waals surface area contributed by atoms with E-state index in [2.05, 4.69) is 5.32 Å². The highest BCUT2D eigenvalue weighted by Crippen LogP contribution is 2.40. The van der Waals surface area contributed by atoms with Crippen LogP contribution in [-0.4, -0.2) is 22.1 Å². The third-order valence-electron chi connectivity index (χ3n) is 5.97. The molecule has 176 valence electrons. The highest BCUT2D eigenvalue weighted by Gasteiger charge is 2.29. The molecule has 9 heteroatoms. The van der Waals surface area contributed by atoms with Gasteiger partial charge in [0.1, 0.15) is 15.5 Å². The van der Waals surface area contributed by atoms with E-state index in [0.717, 1.165) is 33.1 Å². The average molecular weight is 518 g/mol. The summed E-state index contributed by atoms with van der Waals surface area (Å²) in [4.78, 5) is 14.9. The van der Waals surface area contributed by atoms with Gasteiger partial charge in [-0.1, -0.05) is 55.2 Å². The van der Waals surface area contributed by atoms with Gasteiger partial charge in [-0.15, -0.1) is 11.3 Å². The second kappa shape index (κ2) is 8.87. The summed E-state index contributed by atoms with van der Waals surface area (Å²) in [5.74, 6) is 0.0368. The summed E-state index contributed by atoms with van der Waals surface area (Å²) in [6.45, 7) is 6.49. The third-order valence-corrected chi connectivity index (χ3v) is 7.69. The molecule has 0 aliphatic carbocycles. The van der Waals surface area contributed by atoms with Gasteiger partial charge in [0.25, 0.3) is 5.91 Å². The Kier molecular flexibility index (Phi) is 6.04. The number of hydrogen-bond acceptors (Lipinski definition) is 4. The first kappa shape index (κ1) is 23.1. The van der Waals surface area contributed by atoms with Crippen LogP contribution in [0.5, 0.6) is 5.75 Å². The topological polar surface area (TPSA) is 55.6 Å². The van der Waals surface area contributed by atoms with Gasteiger partial charge in [0.2, 0.25) is 0 Å². The van der Waals surface area contributed by atoms with E-state index in [1.807, 2.05) is 49.6 Å². The van der Waals surface area contributed by atoms with Crippen LogP contribution in [0.4, 0.5) is 4.39 Å². The highest BCUT2D eigenvalue weighted by molar-refractivity contribution is 7.20. The number of carbonyl (C=O) groups excluding carboxylic acids is 1. The van der Waals surface area contributed by atoms with Gasteiger partial charge in [0, 0.05) is 17.5 Å². The summed E-state index contributed by atoms with van der Waals surface area (Å²) < 4.78 is 21.6. The van der Waals surface area contributed by atoms with Crippen molar-refractivity contribution in [2.24, 2.45) is 0 Å². The molecule has 0 fully saturated rings. The molecule has 0 saturated carbocycles. The number of hydrogen-bond donors (Lipinski definition) is 1. The lowest BCUT2D eigenvalue weighted by Gasteiger charge is -2.26. The number of halogens is 3. The molecule has 2 aromatic heterocycles. The number of carbonyl (C=O) groups is 1. The second-order valence-electron chi connectivity index (χ2n) is 8.60. The maximum Gasteiger partial charge on any atom is 0.263 e. The Labute approximate surface area is 210 Å². The van der Waals surface area contributed by atoms with Crippen LogP contribution in [0.1, 0.15) is 58.9 Å². The largest absolute Gasteiger partial charge is 0.493 e. The quantitative estimate of drug-likeness (QED) is 0.291. The monoisotopic (exact) mass is 517 g/mol. The Morgan fingerprint density at radius 1 is 1.26 bits per heavy atom. The molecular formula is C25H22Cl2FN3O2S. The summed E-state index contributed by atoms with van der Waals surface area (Å²) in [7, 11) is 0. The number of amides is 1. The van der Waals surface area contributed by atoms with Gasteiger partial charge in [-0.05, 0) is 36.6 Å². The van der Waals surface area contributed by atoms with E-state index in [9.17, 15) is 9.18 Å². The number of aryl methyl sites for hydroxylation is 1. The summed E-state index contributed by atoms with van der Waals surface area (Å²) in [6.07, 6.45) is 0.694. The first-order chi connectivity index (χ1) is 16.3. The van der Waals surface area contributed by atoms with Crippen molar-refractivity contribution in [3.05, 3.63) is 74.1 Å². The van der Waals surface area contributed by atoms with Gasteiger partial charge in [-0.3, -0.25) is 4.79 Å². The molecule has 1 aliphatic rings. The van der Waals surface area contributed by atoms with Gasteiger partial charge in [-0.25, -0.2) is 8.91 Å². The van der Waals surface area contributed by atoms with Gasteiger partial charge >= 0.3 is 0 Å². The first-order valence-corrected chi connectivity index (χ1v) is 12.5. The SMILES string of the molecule is Cc1nn2c(C(C)C)c(C(=O)N[C@H]3CCOc4ccccc43)sc2c1-c1cc(Cl)c(F)c(Cl)c1. The molecule has 1 N–H and O–H groups in total. The zero-order chi connectivity index (χ0) is 24.1. The van der Waals surface area contributed by atoms with Crippen LogP contribution in [0.25, 0.3) is 16.0 Å². The average Bonchev–Trinajstić information content (AvgIpc) is 3.31. The number of para-hydroxylation sites is 1. The van der Waals surface area contributed by atoms with E-state index in [1.165, 1.54) is 11.3 Å². The van der Waals surface area contributed by atoms with E-state index >= 15 is 0 Å². The lowest BCUT2D eigenvalue weighted by Crippen LogP contribution is -2.32. The molecule has 1 amide bonds. The molecule has 3 heterocycles. The predicted molar refractivity (Wildman–Crippen MR) is 134 cm³/mol. The number of rotatable bonds is 4. The fourth-order valence-electron chi connectivity index (χ4n) is 4.43. The molecule has 0 saturated heterocycles. The van der Waals surface area contributed by atoms with Crippen LogP contribution >= 0.6 is 34.5 Å². The zero-order valence-corrected chi connectivity index (χ0v) is 21.1. The van der Waals surface area contributed by atoms with Crippen LogP contribution in [0.15, 0.2) is 36.4 Å². The van der Waals surface area contributed by atoms with E-state index in [4.69, 9.17) is 33.0 Å². The van der Waals surface area contributed by atoms with Crippen molar-refractivity contribution in [2.75, 3.05) is 6.61 Å². The Balaban J connectivity index is 1.59. The van der Waals surface area contributed by atoms with Gasteiger partial charge < -0.3 is 10.1 Å². The summed E-state index contributed by atoms with van der Waals surface area (Å²) in [5.41, 5.74) is 3.99.